The minimum Gasteiger partial charge on any atom is -0.462 e. The molecule has 4 N–H and O–H groups in total. The van der Waals surface area contributed by atoms with E-state index < -0.39 is 58.5 Å². The highest BCUT2D eigenvalue weighted by Gasteiger charge is 2.44. The highest BCUT2D eigenvalue weighted by molar-refractivity contribution is 5.55. The van der Waals surface area contributed by atoms with Crippen LogP contribution in [0.5, 0.6) is 5.75 Å². The number of aliphatic hydroxyl groups excluding tert-OH is 4. The molecule has 24 heavy (non-hydrogen) atoms. The Morgan fingerprint density at radius 2 is 1.67 bits per heavy atom. The number of nitro benzene ring substituents is 2. The molecule has 12 heteroatoms. The maximum atomic E-state index is 10.9. The van der Waals surface area contributed by atoms with Gasteiger partial charge < -0.3 is 29.9 Å². The summed E-state index contributed by atoms with van der Waals surface area (Å²) in [5.74, 6) is -0.239. The molecule has 2 rings (SSSR count). The van der Waals surface area contributed by atoms with Gasteiger partial charge in [0.25, 0.3) is 0 Å². The molecule has 0 radical (unpaired) electrons. The molecule has 1 aromatic carbocycles. The Bertz CT molecular complexity index is 636. The van der Waals surface area contributed by atoms with E-state index in [0.717, 1.165) is 18.2 Å². The number of nitro groups is 2. The maximum Gasteiger partial charge on any atom is 0.349 e. The molecular formula is C12H14N2O10. The van der Waals surface area contributed by atoms with Gasteiger partial charge in [-0.25, -0.2) is 0 Å². The smallest absolute Gasteiger partial charge is 0.349 e. The van der Waals surface area contributed by atoms with Gasteiger partial charge in [-0.3, -0.25) is 20.2 Å². The van der Waals surface area contributed by atoms with E-state index in [1.54, 1.807) is 0 Å². The summed E-state index contributed by atoms with van der Waals surface area (Å²) in [5, 5.41) is 59.8. The van der Waals surface area contributed by atoms with E-state index in [1.807, 2.05) is 0 Å². The van der Waals surface area contributed by atoms with Gasteiger partial charge >= 0.3 is 11.4 Å². The molecule has 0 spiro atoms. The van der Waals surface area contributed by atoms with Crippen molar-refractivity contribution in [1.82, 2.24) is 0 Å². The fourth-order valence-electron chi connectivity index (χ4n) is 2.18. The van der Waals surface area contributed by atoms with Crippen molar-refractivity contribution in [1.29, 1.82) is 0 Å². The second-order valence-corrected chi connectivity index (χ2v) is 4.98. The zero-order chi connectivity index (χ0) is 18.0. The van der Waals surface area contributed by atoms with Gasteiger partial charge in [0, 0.05) is 6.07 Å². The molecular weight excluding hydrogens is 332 g/mol. The quantitative estimate of drug-likeness (QED) is 0.368. The third-order valence-corrected chi connectivity index (χ3v) is 3.44. The van der Waals surface area contributed by atoms with E-state index >= 15 is 0 Å². The summed E-state index contributed by atoms with van der Waals surface area (Å²) in [4.78, 5) is 19.7. The Morgan fingerprint density at radius 1 is 1.04 bits per heavy atom. The normalized spacial score (nSPS) is 29.9. The molecule has 0 unspecified atom stereocenters. The molecule has 1 aliphatic heterocycles. The van der Waals surface area contributed by atoms with Gasteiger partial charge in [0.05, 0.1) is 22.5 Å². The van der Waals surface area contributed by atoms with E-state index in [1.165, 1.54) is 0 Å². The number of hydrogen-bond donors (Lipinski definition) is 4. The first-order valence-electron chi connectivity index (χ1n) is 6.66. The van der Waals surface area contributed by atoms with Crippen LogP contribution in [-0.4, -0.2) is 67.6 Å². The highest BCUT2D eigenvalue weighted by atomic mass is 16.7. The second-order valence-electron chi connectivity index (χ2n) is 4.98. The zero-order valence-electron chi connectivity index (χ0n) is 12.0. The Labute approximate surface area is 133 Å². The Hall–Kier alpha value is -2.38. The first-order valence-corrected chi connectivity index (χ1v) is 6.66. The predicted octanol–water partition coefficient (Wildman–Crippen LogP) is -1.32. The molecule has 0 saturated carbocycles. The summed E-state index contributed by atoms with van der Waals surface area (Å²) in [6.45, 7) is -0.675. The third kappa shape index (κ3) is 3.42. The Morgan fingerprint density at radius 3 is 2.21 bits per heavy atom. The lowest BCUT2D eigenvalue weighted by Crippen LogP contribution is -2.60. The molecule has 1 fully saturated rings. The van der Waals surface area contributed by atoms with Gasteiger partial charge in [-0.15, -0.1) is 0 Å². The van der Waals surface area contributed by atoms with Crippen LogP contribution >= 0.6 is 0 Å². The third-order valence-electron chi connectivity index (χ3n) is 3.44. The van der Waals surface area contributed by atoms with E-state index in [9.17, 15) is 35.5 Å². The Balaban J connectivity index is 2.25. The summed E-state index contributed by atoms with van der Waals surface area (Å²) >= 11 is 0. The van der Waals surface area contributed by atoms with Crippen molar-refractivity contribution in [2.24, 2.45) is 0 Å². The number of rotatable bonds is 5. The summed E-state index contributed by atoms with van der Waals surface area (Å²) in [5.41, 5.74) is -1.58. The predicted molar refractivity (Wildman–Crippen MR) is 74.1 cm³/mol. The van der Waals surface area contributed by atoms with Crippen LogP contribution < -0.4 is 4.74 Å². The average Bonchev–Trinajstić information content (AvgIpc) is 2.55. The van der Waals surface area contributed by atoms with Crippen molar-refractivity contribution in [3.05, 3.63) is 38.4 Å². The van der Waals surface area contributed by atoms with Crippen molar-refractivity contribution < 1.29 is 39.7 Å². The minimum absolute atomic E-state index is 0.239. The molecule has 0 aromatic heterocycles. The van der Waals surface area contributed by atoms with Gasteiger partial charge in [0.15, 0.2) is 0 Å². The lowest BCUT2D eigenvalue weighted by molar-refractivity contribution is -0.422. The lowest BCUT2D eigenvalue weighted by Gasteiger charge is -2.39. The van der Waals surface area contributed by atoms with E-state index in [4.69, 9.17) is 14.6 Å². The first kappa shape index (κ1) is 18.0. The number of hydrogen-bond acceptors (Lipinski definition) is 10. The van der Waals surface area contributed by atoms with Crippen LogP contribution in [0.2, 0.25) is 0 Å². The largest absolute Gasteiger partial charge is 0.462 e. The fraction of sp³-hybridized carbons (Fsp3) is 0.500. The summed E-state index contributed by atoms with van der Waals surface area (Å²) in [6.07, 6.45) is -7.76. The van der Waals surface area contributed by atoms with E-state index in [2.05, 4.69) is 0 Å². The molecule has 5 atom stereocenters. The number of benzene rings is 1. The monoisotopic (exact) mass is 346 g/mol. The average molecular weight is 346 g/mol. The topological polar surface area (TPSA) is 186 Å². The van der Waals surface area contributed by atoms with Crippen molar-refractivity contribution in [2.45, 2.75) is 30.7 Å². The van der Waals surface area contributed by atoms with Crippen LogP contribution in [0.3, 0.4) is 0 Å². The van der Waals surface area contributed by atoms with Gasteiger partial charge in [-0.05, 0) is 6.07 Å². The van der Waals surface area contributed by atoms with Gasteiger partial charge in [-0.1, -0.05) is 0 Å². The number of nitrogens with zero attached hydrogens (tertiary/aromatic N) is 2. The summed E-state index contributed by atoms with van der Waals surface area (Å²) < 4.78 is 10.2. The first-order chi connectivity index (χ1) is 11.3. The summed E-state index contributed by atoms with van der Waals surface area (Å²) in [7, 11) is 0. The van der Waals surface area contributed by atoms with E-state index in [0.29, 0.717) is 0 Å². The highest BCUT2D eigenvalue weighted by Crippen LogP contribution is 2.32. The SMILES string of the molecule is O=[N+]([O-])c1ccc(O[C@@H]2O[C@H](CO)[C@H](O)[C@H](O)[C@H]2O)cc1[N+](=O)[O-]. The van der Waals surface area contributed by atoms with Crippen molar-refractivity contribution in [3.8, 4) is 5.75 Å². The maximum absolute atomic E-state index is 10.9. The molecule has 1 aromatic rings. The van der Waals surface area contributed by atoms with E-state index in [-0.39, 0.29) is 5.75 Å². The van der Waals surface area contributed by atoms with Crippen LogP contribution in [0.25, 0.3) is 0 Å². The summed E-state index contributed by atoms with van der Waals surface area (Å²) in [6, 6.07) is 2.66. The lowest BCUT2D eigenvalue weighted by atomic mass is 9.99. The molecule has 0 aliphatic carbocycles. The van der Waals surface area contributed by atoms with Crippen LogP contribution in [0.1, 0.15) is 0 Å². The number of ether oxygens (including phenoxy) is 2. The van der Waals surface area contributed by atoms with Crippen LogP contribution in [-0.2, 0) is 4.74 Å². The van der Waals surface area contributed by atoms with Crippen molar-refractivity contribution in [2.75, 3.05) is 6.61 Å². The Kier molecular flexibility index (Phi) is 5.26. The molecule has 132 valence electrons. The minimum atomic E-state index is -1.71. The molecule has 12 nitrogen and oxygen atoms in total. The molecule has 0 bridgehead atoms. The van der Waals surface area contributed by atoms with Gasteiger partial charge in [-0.2, -0.15) is 0 Å². The molecule has 1 aliphatic rings. The molecule has 1 heterocycles. The van der Waals surface area contributed by atoms with Crippen LogP contribution in [0.15, 0.2) is 18.2 Å². The van der Waals surface area contributed by atoms with Crippen LogP contribution in [0.4, 0.5) is 11.4 Å². The van der Waals surface area contributed by atoms with Gasteiger partial charge in [0.1, 0.15) is 30.2 Å². The zero-order valence-corrected chi connectivity index (χ0v) is 12.0. The number of aliphatic hydroxyl groups is 4. The standard InChI is InChI=1S/C12H14N2O10/c15-4-8-9(16)10(17)11(18)12(24-8)23-5-1-2-6(13(19)20)7(3-5)14(21)22/h1-3,8-12,15-18H,4H2/t8-,9+,10+,11-,12-/m1/s1. The second kappa shape index (κ2) is 7.02. The van der Waals surface area contributed by atoms with Crippen molar-refractivity contribution in [3.63, 3.8) is 0 Å². The van der Waals surface area contributed by atoms with Crippen LogP contribution in [0, 0.1) is 20.2 Å². The molecule has 1 saturated heterocycles. The van der Waals surface area contributed by atoms with Gasteiger partial charge in [0.2, 0.25) is 6.29 Å². The fourth-order valence-corrected chi connectivity index (χ4v) is 2.18. The molecule has 0 amide bonds. The van der Waals surface area contributed by atoms with Crippen molar-refractivity contribution >= 4 is 11.4 Å².